The summed E-state index contributed by atoms with van der Waals surface area (Å²) in [5, 5.41) is 0. The third-order valence-corrected chi connectivity index (χ3v) is 6.86. The van der Waals surface area contributed by atoms with E-state index in [2.05, 4.69) is 13.8 Å². The van der Waals surface area contributed by atoms with Crippen LogP contribution in [0.15, 0.2) is 0 Å². The zero-order valence-corrected chi connectivity index (χ0v) is 25.0. The quantitative estimate of drug-likeness (QED) is 0.0643. The highest BCUT2D eigenvalue weighted by Crippen LogP contribution is 2.12. The van der Waals surface area contributed by atoms with Gasteiger partial charge in [0, 0.05) is 13.0 Å². The summed E-state index contributed by atoms with van der Waals surface area (Å²) < 4.78 is 21.9. The monoisotopic (exact) mass is 528 g/mol. The molecule has 0 fully saturated rings. The second kappa shape index (κ2) is 33.4. The summed E-state index contributed by atoms with van der Waals surface area (Å²) in [4.78, 5) is 11.7. The first-order valence-corrected chi connectivity index (χ1v) is 16.2. The van der Waals surface area contributed by atoms with Crippen molar-refractivity contribution in [3.05, 3.63) is 0 Å². The van der Waals surface area contributed by atoms with Crippen LogP contribution in [0.3, 0.4) is 0 Å². The lowest BCUT2D eigenvalue weighted by Crippen LogP contribution is -2.14. The maximum atomic E-state index is 11.7. The second-order valence-corrected chi connectivity index (χ2v) is 10.5. The van der Waals surface area contributed by atoms with Gasteiger partial charge >= 0.3 is 5.97 Å². The molecule has 0 aliphatic carbocycles. The van der Waals surface area contributed by atoms with Gasteiger partial charge in [-0.3, -0.25) is 4.79 Å². The van der Waals surface area contributed by atoms with E-state index in [4.69, 9.17) is 18.9 Å². The van der Waals surface area contributed by atoms with E-state index in [-0.39, 0.29) is 5.97 Å². The Balaban J connectivity index is 3.11. The molecule has 222 valence electrons. The van der Waals surface area contributed by atoms with Crippen molar-refractivity contribution in [2.45, 2.75) is 155 Å². The normalized spacial score (nSPS) is 11.3. The molecule has 0 heterocycles. The zero-order chi connectivity index (χ0) is 26.9. The van der Waals surface area contributed by atoms with Gasteiger partial charge in [0.15, 0.2) is 0 Å². The van der Waals surface area contributed by atoms with Gasteiger partial charge in [-0.15, -0.1) is 0 Å². The predicted molar refractivity (Wildman–Crippen MR) is 156 cm³/mol. The van der Waals surface area contributed by atoms with Gasteiger partial charge in [0.2, 0.25) is 0 Å². The van der Waals surface area contributed by atoms with E-state index in [1.807, 2.05) is 0 Å². The summed E-state index contributed by atoms with van der Waals surface area (Å²) in [7, 11) is 0. The van der Waals surface area contributed by atoms with Crippen molar-refractivity contribution in [1.29, 1.82) is 0 Å². The van der Waals surface area contributed by atoms with Crippen LogP contribution in [0, 0.1) is 0 Å². The molecule has 0 radical (unpaired) electrons. The minimum atomic E-state index is -0.104. The number of rotatable bonds is 32. The summed E-state index contributed by atoms with van der Waals surface area (Å²) in [6, 6.07) is 0. The number of hydrogen-bond donors (Lipinski definition) is 0. The van der Waals surface area contributed by atoms with E-state index < -0.39 is 0 Å². The highest BCUT2D eigenvalue weighted by atomic mass is 16.6. The van der Waals surface area contributed by atoms with Crippen LogP contribution in [-0.2, 0) is 23.7 Å². The topological polar surface area (TPSA) is 54.0 Å². The molecular weight excluding hydrogens is 464 g/mol. The molecule has 0 aromatic rings. The van der Waals surface area contributed by atoms with Crippen LogP contribution in [0.1, 0.15) is 155 Å². The van der Waals surface area contributed by atoms with Crippen molar-refractivity contribution < 1.29 is 23.7 Å². The smallest absolute Gasteiger partial charge is 0.305 e. The molecule has 0 N–H and O–H groups in total. The first-order chi connectivity index (χ1) is 18.3. The van der Waals surface area contributed by atoms with Crippen molar-refractivity contribution in [1.82, 2.24) is 0 Å². The van der Waals surface area contributed by atoms with Gasteiger partial charge < -0.3 is 18.9 Å². The van der Waals surface area contributed by atoms with Crippen LogP contribution in [0.4, 0.5) is 0 Å². The van der Waals surface area contributed by atoms with E-state index in [0.717, 1.165) is 25.9 Å². The number of esters is 1. The predicted octanol–water partition coefficient (Wildman–Crippen LogP) is 9.20. The van der Waals surface area contributed by atoms with Crippen molar-refractivity contribution in [2.24, 2.45) is 0 Å². The summed E-state index contributed by atoms with van der Waals surface area (Å²) in [6.45, 7) is 8.45. The lowest BCUT2D eigenvalue weighted by molar-refractivity contribution is -0.145. The first kappa shape index (κ1) is 36.4. The number of carbonyl (C=O) groups excluding carboxylic acids is 1. The number of unbranched alkanes of at least 4 members (excludes halogenated alkanes) is 19. The molecule has 0 unspecified atom stereocenters. The van der Waals surface area contributed by atoms with E-state index in [1.54, 1.807) is 0 Å². The second-order valence-electron chi connectivity index (χ2n) is 10.5. The average molecular weight is 529 g/mol. The average Bonchev–Trinajstić information content (AvgIpc) is 2.90. The molecule has 37 heavy (non-hydrogen) atoms. The van der Waals surface area contributed by atoms with Crippen molar-refractivity contribution in [3.63, 3.8) is 0 Å². The molecular formula is C32H64O5. The fourth-order valence-corrected chi connectivity index (χ4v) is 4.45. The molecule has 5 heteroatoms. The molecule has 0 saturated heterocycles. The van der Waals surface area contributed by atoms with Gasteiger partial charge in [-0.05, 0) is 12.8 Å². The molecule has 0 atom stereocenters. The Morgan fingerprint density at radius 1 is 0.378 bits per heavy atom. The molecule has 0 aromatic carbocycles. The van der Waals surface area contributed by atoms with E-state index in [1.165, 1.54) is 116 Å². The fraction of sp³-hybridized carbons (Fsp3) is 0.969. The largest absolute Gasteiger partial charge is 0.463 e. The van der Waals surface area contributed by atoms with Crippen LogP contribution in [0.25, 0.3) is 0 Å². The van der Waals surface area contributed by atoms with Crippen molar-refractivity contribution in [2.75, 3.05) is 46.2 Å². The van der Waals surface area contributed by atoms with Crippen LogP contribution in [-0.4, -0.2) is 52.2 Å². The Bertz CT molecular complexity index is 429. The fourth-order valence-electron chi connectivity index (χ4n) is 4.45. The van der Waals surface area contributed by atoms with Gasteiger partial charge in [-0.25, -0.2) is 0 Å². The minimum Gasteiger partial charge on any atom is -0.463 e. The number of ether oxygens (including phenoxy) is 4. The third kappa shape index (κ3) is 33.3. The van der Waals surface area contributed by atoms with Gasteiger partial charge in [-0.2, -0.15) is 0 Å². The van der Waals surface area contributed by atoms with E-state index >= 15 is 0 Å². The molecule has 0 rings (SSSR count). The SMILES string of the molecule is CCCCCCCCCCCCCCOCCOCCOCCOC(=O)CCCCCCCCCCC. The molecule has 0 aliphatic heterocycles. The molecule has 0 amide bonds. The number of hydrogen-bond acceptors (Lipinski definition) is 5. The van der Waals surface area contributed by atoms with Crippen molar-refractivity contribution in [3.8, 4) is 0 Å². The summed E-state index contributed by atoms with van der Waals surface area (Å²) in [5.74, 6) is -0.104. The Morgan fingerprint density at radius 2 is 0.703 bits per heavy atom. The highest BCUT2D eigenvalue weighted by Gasteiger charge is 2.02. The minimum absolute atomic E-state index is 0.104. The number of carbonyl (C=O) groups is 1. The van der Waals surface area contributed by atoms with Gasteiger partial charge in [0.25, 0.3) is 0 Å². The van der Waals surface area contributed by atoms with Gasteiger partial charge in [0.1, 0.15) is 6.61 Å². The lowest BCUT2D eigenvalue weighted by Gasteiger charge is -2.08. The molecule has 5 nitrogen and oxygen atoms in total. The zero-order valence-electron chi connectivity index (χ0n) is 25.0. The molecule has 0 spiro atoms. The van der Waals surface area contributed by atoms with Crippen LogP contribution in [0.5, 0.6) is 0 Å². The van der Waals surface area contributed by atoms with Gasteiger partial charge in [0.05, 0.1) is 33.0 Å². The first-order valence-electron chi connectivity index (χ1n) is 16.2. The Labute approximate surface area is 231 Å². The Morgan fingerprint density at radius 3 is 1.14 bits per heavy atom. The Kier molecular flexibility index (Phi) is 32.8. The molecule has 0 saturated carbocycles. The lowest BCUT2D eigenvalue weighted by atomic mass is 10.1. The molecule has 0 aliphatic rings. The standard InChI is InChI=1S/C32H64O5/c1-3-5-7-9-11-13-14-15-17-19-21-23-25-34-26-27-35-28-29-36-30-31-37-32(33)24-22-20-18-16-12-10-8-6-4-2/h3-31H2,1-2H3. The van der Waals surface area contributed by atoms with Crippen LogP contribution < -0.4 is 0 Å². The maximum absolute atomic E-state index is 11.7. The van der Waals surface area contributed by atoms with Gasteiger partial charge in [-0.1, -0.05) is 136 Å². The summed E-state index contributed by atoms with van der Waals surface area (Å²) in [5.41, 5.74) is 0. The summed E-state index contributed by atoms with van der Waals surface area (Å²) >= 11 is 0. The van der Waals surface area contributed by atoms with E-state index in [0.29, 0.717) is 46.1 Å². The molecule has 0 aromatic heterocycles. The van der Waals surface area contributed by atoms with Crippen LogP contribution in [0.2, 0.25) is 0 Å². The Hall–Kier alpha value is -0.650. The third-order valence-electron chi connectivity index (χ3n) is 6.86. The maximum Gasteiger partial charge on any atom is 0.305 e. The van der Waals surface area contributed by atoms with Crippen molar-refractivity contribution >= 4 is 5.97 Å². The van der Waals surface area contributed by atoms with E-state index in [9.17, 15) is 4.79 Å². The summed E-state index contributed by atoms with van der Waals surface area (Å²) in [6.07, 6.45) is 28.2. The molecule has 0 bridgehead atoms. The van der Waals surface area contributed by atoms with Crippen LogP contribution >= 0.6 is 0 Å². The highest BCUT2D eigenvalue weighted by molar-refractivity contribution is 5.69.